The van der Waals surface area contributed by atoms with Gasteiger partial charge in [0.25, 0.3) is 0 Å². The van der Waals surface area contributed by atoms with E-state index < -0.39 is 5.97 Å². The summed E-state index contributed by atoms with van der Waals surface area (Å²) in [6.07, 6.45) is 3.50. The van der Waals surface area contributed by atoms with E-state index >= 15 is 0 Å². The van der Waals surface area contributed by atoms with Crippen LogP contribution in [0.3, 0.4) is 0 Å². The first-order valence-corrected chi connectivity index (χ1v) is 8.46. The average molecular weight is 301 g/mol. The summed E-state index contributed by atoms with van der Waals surface area (Å²) in [5.41, 5.74) is 1.57. The number of fused-ring (bicyclic) bond motifs is 2. The van der Waals surface area contributed by atoms with Gasteiger partial charge in [-0.2, -0.15) is 0 Å². The molecule has 2 aliphatic heterocycles. The van der Waals surface area contributed by atoms with E-state index in [4.69, 9.17) is 5.11 Å². The number of thiophene rings is 1. The van der Waals surface area contributed by atoms with Crippen molar-refractivity contribution in [2.24, 2.45) is 5.92 Å². The van der Waals surface area contributed by atoms with E-state index in [-0.39, 0.29) is 5.54 Å². The van der Waals surface area contributed by atoms with Crippen LogP contribution in [-0.2, 0) is 11.3 Å². The molecule has 3 aliphatic rings. The molecule has 1 aromatic heterocycles. The second-order valence-electron chi connectivity index (χ2n) is 6.53. The Morgan fingerprint density at radius 3 is 3.00 bits per heavy atom. The normalized spacial score (nSPS) is 27.9. The zero-order valence-corrected chi connectivity index (χ0v) is 12.7. The van der Waals surface area contributed by atoms with E-state index in [9.17, 15) is 4.79 Å². The molecule has 0 atom stereocenters. The summed E-state index contributed by atoms with van der Waals surface area (Å²) < 4.78 is 1.35. The fourth-order valence-corrected chi connectivity index (χ4v) is 5.16. The summed E-state index contributed by atoms with van der Waals surface area (Å²) in [5.74, 6) is 0.129. The van der Waals surface area contributed by atoms with Crippen molar-refractivity contribution in [3.63, 3.8) is 0 Å². The van der Waals surface area contributed by atoms with Gasteiger partial charge in [0, 0.05) is 29.7 Å². The largest absolute Gasteiger partial charge is 0.481 e. The summed E-state index contributed by atoms with van der Waals surface area (Å²) in [7, 11) is 0. The second kappa shape index (κ2) is 4.82. The van der Waals surface area contributed by atoms with Gasteiger partial charge in [-0.15, -0.1) is 11.3 Å². The van der Waals surface area contributed by atoms with Gasteiger partial charge >= 0.3 is 5.97 Å². The lowest BCUT2D eigenvalue weighted by Crippen LogP contribution is -2.45. The lowest BCUT2D eigenvalue weighted by molar-refractivity contribution is -0.138. The molecule has 2 saturated heterocycles. The summed E-state index contributed by atoms with van der Waals surface area (Å²) in [4.78, 5) is 13.4. The Morgan fingerprint density at radius 1 is 1.38 bits per heavy atom. The zero-order valence-electron chi connectivity index (χ0n) is 11.9. The third-order valence-electron chi connectivity index (χ3n) is 5.21. The van der Waals surface area contributed by atoms with Gasteiger partial charge in [-0.05, 0) is 47.6 Å². The number of rotatable bonds is 5. The van der Waals surface area contributed by atoms with Crippen LogP contribution in [0.15, 0.2) is 29.6 Å². The van der Waals surface area contributed by atoms with Crippen LogP contribution < -0.4 is 0 Å². The third-order valence-corrected chi connectivity index (χ3v) is 6.23. The van der Waals surface area contributed by atoms with Crippen molar-refractivity contribution < 1.29 is 9.90 Å². The van der Waals surface area contributed by atoms with Gasteiger partial charge in [-0.3, -0.25) is 9.69 Å². The molecule has 1 saturated carbocycles. The highest BCUT2D eigenvalue weighted by atomic mass is 32.1. The molecule has 4 heteroatoms. The van der Waals surface area contributed by atoms with Crippen molar-refractivity contribution in [3.05, 3.63) is 35.2 Å². The topological polar surface area (TPSA) is 40.5 Å². The Balaban J connectivity index is 1.55. The predicted molar refractivity (Wildman–Crippen MR) is 84.6 cm³/mol. The molecule has 1 aromatic carbocycles. The molecule has 0 amide bonds. The third kappa shape index (κ3) is 2.17. The Bertz CT molecular complexity index is 687. The van der Waals surface area contributed by atoms with E-state index in [1.807, 2.05) is 11.3 Å². The Morgan fingerprint density at radius 2 is 2.19 bits per heavy atom. The number of carboxylic acid groups (broad SMARTS) is 1. The van der Waals surface area contributed by atoms with Crippen LogP contribution in [-0.4, -0.2) is 28.1 Å². The summed E-state index contributed by atoms with van der Waals surface area (Å²) in [6, 6.07) is 8.56. The van der Waals surface area contributed by atoms with Crippen LogP contribution in [0.25, 0.3) is 10.1 Å². The van der Waals surface area contributed by atoms with Crippen LogP contribution in [0.2, 0.25) is 0 Å². The number of carboxylic acids is 1. The highest BCUT2D eigenvalue weighted by Gasteiger charge is 2.55. The van der Waals surface area contributed by atoms with Crippen LogP contribution in [0.5, 0.6) is 0 Å². The smallest absolute Gasteiger partial charge is 0.303 e. The fraction of sp³-hybridized carbons (Fsp3) is 0.471. The minimum Gasteiger partial charge on any atom is -0.481 e. The quantitative estimate of drug-likeness (QED) is 0.915. The average Bonchev–Trinajstić information content (AvgIpc) is 3.08. The Hall–Kier alpha value is -1.39. The lowest BCUT2D eigenvalue weighted by atomic mass is 9.70. The minimum atomic E-state index is -0.666. The molecule has 0 spiro atoms. The number of carbonyl (C=O) groups is 1. The molecule has 1 N–H and O–H groups in total. The lowest BCUT2D eigenvalue weighted by Gasteiger charge is -2.42. The number of hydrogen-bond acceptors (Lipinski definition) is 3. The van der Waals surface area contributed by atoms with Crippen molar-refractivity contribution in [2.75, 3.05) is 6.54 Å². The van der Waals surface area contributed by atoms with Crippen LogP contribution in [0.4, 0.5) is 0 Å². The fourth-order valence-electron chi connectivity index (χ4n) is 4.20. The maximum absolute atomic E-state index is 10.9. The zero-order chi connectivity index (χ0) is 14.4. The molecule has 3 nitrogen and oxygen atoms in total. The van der Waals surface area contributed by atoms with E-state index in [1.165, 1.54) is 28.5 Å². The first-order chi connectivity index (χ1) is 10.2. The van der Waals surface area contributed by atoms with Crippen LogP contribution in [0, 0.1) is 5.92 Å². The van der Waals surface area contributed by atoms with Crippen molar-refractivity contribution in [1.82, 2.24) is 4.90 Å². The van der Waals surface area contributed by atoms with Gasteiger partial charge in [-0.25, -0.2) is 0 Å². The molecule has 1 aliphatic carbocycles. The van der Waals surface area contributed by atoms with Gasteiger partial charge < -0.3 is 5.11 Å². The molecule has 2 bridgehead atoms. The van der Waals surface area contributed by atoms with Gasteiger partial charge in [0.2, 0.25) is 0 Å². The molecule has 0 unspecified atom stereocenters. The molecular formula is C17H19NO2S. The summed E-state index contributed by atoms with van der Waals surface area (Å²) in [5, 5.41) is 12.6. The maximum Gasteiger partial charge on any atom is 0.303 e. The maximum atomic E-state index is 10.9. The molecule has 3 heterocycles. The van der Waals surface area contributed by atoms with Crippen molar-refractivity contribution in [1.29, 1.82) is 0 Å². The molecular weight excluding hydrogens is 282 g/mol. The monoisotopic (exact) mass is 301 g/mol. The highest BCUT2D eigenvalue weighted by Crippen LogP contribution is 2.53. The molecule has 3 fully saturated rings. The number of hydrogen-bond donors (Lipinski definition) is 1. The second-order valence-corrected chi connectivity index (χ2v) is 7.44. The van der Waals surface area contributed by atoms with Gasteiger partial charge in [-0.1, -0.05) is 18.2 Å². The Labute approximate surface area is 128 Å². The number of nitrogens with zero attached hydrogens (tertiary/aromatic N) is 1. The first-order valence-electron chi connectivity index (χ1n) is 7.58. The van der Waals surface area contributed by atoms with Crippen LogP contribution in [0.1, 0.15) is 31.2 Å². The van der Waals surface area contributed by atoms with E-state index in [0.29, 0.717) is 6.42 Å². The number of aliphatic carboxylic acids is 1. The van der Waals surface area contributed by atoms with Crippen molar-refractivity contribution >= 4 is 27.4 Å². The summed E-state index contributed by atoms with van der Waals surface area (Å²) in [6.45, 7) is 2.12. The molecule has 2 aromatic rings. The number of benzene rings is 1. The molecule has 5 rings (SSSR count). The van der Waals surface area contributed by atoms with Gasteiger partial charge in [0.05, 0.1) is 0 Å². The molecule has 110 valence electrons. The standard InChI is InChI=1S/C17H19NO2S/c19-16(20)5-6-17-7-12(8-17)9-18(17)10-13-11-21-15-4-2-1-3-14(13)15/h1-4,11-12H,5-10H2,(H,19,20). The first kappa shape index (κ1) is 13.3. The van der Waals surface area contributed by atoms with Gasteiger partial charge in [0.15, 0.2) is 0 Å². The van der Waals surface area contributed by atoms with E-state index in [1.54, 1.807) is 0 Å². The van der Waals surface area contributed by atoms with E-state index in [0.717, 1.165) is 25.4 Å². The molecule has 21 heavy (non-hydrogen) atoms. The summed E-state index contributed by atoms with van der Waals surface area (Å²) >= 11 is 1.81. The highest BCUT2D eigenvalue weighted by molar-refractivity contribution is 7.17. The van der Waals surface area contributed by atoms with Crippen molar-refractivity contribution in [2.45, 2.75) is 37.8 Å². The SMILES string of the molecule is O=C(O)CCC12CC(CN1Cc1csc3ccccc13)C2. The van der Waals surface area contributed by atoms with Crippen molar-refractivity contribution in [3.8, 4) is 0 Å². The minimum absolute atomic E-state index is 0.173. The van der Waals surface area contributed by atoms with E-state index in [2.05, 4.69) is 34.5 Å². The van der Waals surface area contributed by atoms with Gasteiger partial charge in [0.1, 0.15) is 0 Å². The Kier molecular flexibility index (Phi) is 3.05. The molecule has 0 radical (unpaired) electrons. The predicted octanol–water partition coefficient (Wildman–Crippen LogP) is 3.73. The van der Waals surface area contributed by atoms with Crippen LogP contribution >= 0.6 is 11.3 Å².